The van der Waals surface area contributed by atoms with Crippen molar-refractivity contribution < 1.29 is 14.5 Å². The van der Waals surface area contributed by atoms with E-state index in [1.807, 2.05) is 24.3 Å². The SMILES string of the molecule is CC[C@@H](C)c1ccc(OCC(=O)N/N=C\C=C\c2ccc([N+](=O)[O-])cc2)cc1. The molecular weight excluding hydrogens is 358 g/mol. The Labute approximate surface area is 163 Å². The Morgan fingerprint density at radius 3 is 2.50 bits per heavy atom. The van der Waals surface area contributed by atoms with Gasteiger partial charge in [-0.3, -0.25) is 14.9 Å². The maximum Gasteiger partial charge on any atom is 0.277 e. The minimum atomic E-state index is -0.452. The highest BCUT2D eigenvalue weighted by Crippen LogP contribution is 2.21. The van der Waals surface area contributed by atoms with Gasteiger partial charge in [0.25, 0.3) is 11.6 Å². The number of allylic oxidation sites excluding steroid dienone is 1. The van der Waals surface area contributed by atoms with Crippen LogP contribution in [-0.2, 0) is 4.79 Å². The Bertz CT molecular complexity index is 843. The van der Waals surface area contributed by atoms with Gasteiger partial charge in [0.15, 0.2) is 6.61 Å². The summed E-state index contributed by atoms with van der Waals surface area (Å²) >= 11 is 0. The van der Waals surface area contributed by atoms with Crippen LogP contribution in [0.4, 0.5) is 5.69 Å². The summed E-state index contributed by atoms with van der Waals surface area (Å²) in [5.74, 6) is 0.751. The van der Waals surface area contributed by atoms with E-state index in [9.17, 15) is 14.9 Å². The first kappa shape index (κ1) is 20.8. The molecule has 1 amide bonds. The van der Waals surface area contributed by atoms with Crippen molar-refractivity contribution in [2.45, 2.75) is 26.2 Å². The van der Waals surface area contributed by atoms with Gasteiger partial charge in [-0.05, 0) is 53.8 Å². The van der Waals surface area contributed by atoms with E-state index in [1.165, 1.54) is 23.9 Å². The van der Waals surface area contributed by atoms with E-state index in [0.29, 0.717) is 11.7 Å². The van der Waals surface area contributed by atoms with Crippen LogP contribution in [0, 0.1) is 10.1 Å². The number of hydrogen-bond donors (Lipinski definition) is 1. The van der Waals surface area contributed by atoms with E-state index in [0.717, 1.165) is 12.0 Å². The molecular formula is C21H23N3O4. The molecule has 2 aromatic carbocycles. The first-order chi connectivity index (χ1) is 13.5. The van der Waals surface area contributed by atoms with Crippen molar-refractivity contribution in [1.82, 2.24) is 5.43 Å². The lowest BCUT2D eigenvalue weighted by molar-refractivity contribution is -0.384. The van der Waals surface area contributed by atoms with Crippen LogP contribution < -0.4 is 10.2 Å². The molecule has 0 spiro atoms. The van der Waals surface area contributed by atoms with E-state index >= 15 is 0 Å². The zero-order chi connectivity index (χ0) is 20.4. The summed E-state index contributed by atoms with van der Waals surface area (Å²) in [6, 6.07) is 13.8. The van der Waals surface area contributed by atoms with Crippen molar-refractivity contribution >= 4 is 23.9 Å². The molecule has 2 aromatic rings. The number of carbonyl (C=O) groups excluding carboxylic acids is 1. The third kappa shape index (κ3) is 6.68. The zero-order valence-electron chi connectivity index (χ0n) is 15.9. The number of non-ortho nitro benzene ring substituents is 1. The minimum absolute atomic E-state index is 0.0348. The molecule has 146 valence electrons. The van der Waals surface area contributed by atoms with E-state index in [4.69, 9.17) is 4.74 Å². The van der Waals surface area contributed by atoms with E-state index in [1.54, 1.807) is 24.3 Å². The van der Waals surface area contributed by atoms with Crippen molar-refractivity contribution in [2.24, 2.45) is 5.10 Å². The van der Waals surface area contributed by atoms with Gasteiger partial charge in [-0.2, -0.15) is 5.10 Å². The fraction of sp³-hybridized carbons (Fsp3) is 0.238. The second-order valence-electron chi connectivity index (χ2n) is 6.19. The fourth-order valence-corrected chi connectivity index (χ4v) is 2.32. The lowest BCUT2D eigenvalue weighted by Crippen LogP contribution is -2.24. The molecule has 28 heavy (non-hydrogen) atoms. The molecule has 7 nitrogen and oxygen atoms in total. The summed E-state index contributed by atoms with van der Waals surface area (Å²) in [6.07, 6.45) is 5.82. The lowest BCUT2D eigenvalue weighted by Gasteiger charge is -2.10. The monoisotopic (exact) mass is 381 g/mol. The van der Waals surface area contributed by atoms with Gasteiger partial charge in [-0.1, -0.05) is 32.1 Å². The first-order valence-electron chi connectivity index (χ1n) is 8.95. The van der Waals surface area contributed by atoms with Crippen molar-refractivity contribution in [3.63, 3.8) is 0 Å². The molecule has 0 saturated heterocycles. The molecule has 0 fully saturated rings. The summed E-state index contributed by atoms with van der Waals surface area (Å²) in [6.45, 7) is 4.17. The van der Waals surface area contributed by atoms with Crippen LogP contribution in [0.5, 0.6) is 5.75 Å². The quantitative estimate of drug-likeness (QED) is 0.398. The molecule has 7 heteroatoms. The molecule has 0 radical (unpaired) electrons. The predicted molar refractivity (Wildman–Crippen MR) is 109 cm³/mol. The van der Waals surface area contributed by atoms with Gasteiger partial charge < -0.3 is 4.74 Å². The molecule has 0 unspecified atom stereocenters. The maximum absolute atomic E-state index is 11.7. The van der Waals surface area contributed by atoms with E-state index < -0.39 is 4.92 Å². The van der Waals surface area contributed by atoms with Crippen molar-refractivity contribution in [1.29, 1.82) is 0 Å². The standard InChI is InChI=1S/C21H23N3O4/c1-3-16(2)18-8-12-20(13-9-18)28-15-21(25)23-22-14-4-5-17-6-10-19(11-7-17)24(26)27/h4-14,16H,3,15H2,1-2H3,(H,23,25)/b5-4+,22-14-/t16-/m1/s1. The second-order valence-corrected chi connectivity index (χ2v) is 6.19. The normalized spacial score (nSPS) is 12.2. The molecule has 0 aliphatic rings. The fourth-order valence-electron chi connectivity index (χ4n) is 2.32. The smallest absolute Gasteiger partial charge is 0.277 e. The van der Waals surface area contributed by atoms with Gasteiger partial charge in [0.05, 0.1) is 4.92 Å². The van der Waals surface area contributed by atoms with Gasteiger partial charge in [0.1, 0.15) is 5.75 Å². The topological polar surface area (TPSA) is 93.8 Å². The molecule has 2 rings (SSSR count). The summed E-state index contributed by atoms with van der Waals surface area (Å²) < 4.78 is 5.43. The number of ether oxygens (including phenoxy) is 1. The molecule has 1 N–H and O–H groups in total. The largest absolute Gasteiger partial charge is 0.484 e. The summed E-state index contributed by atoms with van der Waals surface area (Å²) in [7, 11) is 0. The third-order valence-electron chi connectivity index (χ3n) is 4.17. The minimum Gasteiger partial charge on any atom is -0.484 e. The third-order valence-corrected chi connectivity index (χ3v) is 4.17. The Kier molecular flexibility index (Phi) is 7.90. The average Bonchev–Trinajstić information content (AvgIpc) is 2.72. The van der Waals surface area contributed by atoms with Gasteiger partial charge in [-0.15, -0.1) is 0 Å². The Morgan fingerprint density at radius 2 is 1.89 bits per heavy atom. The number of nitro groups is 1. The van der Waals surface area contributed by atoms with E-state index in [-0.39, 0.29) is 18.2 Å². The second kappa shape index (κ2) is 10.6. The molecule has 0 aliphatic heterocycles. The van der Waals surface area contributed by atoms with Crippen LogP contribution in [0.25, 0.3) is 6.08 Å². The van der Waals surface area contributed by atoms with Gasteiger partial charge in [0, 0.05) is 18.3 Å². The van der Waals surface area contributed by atoms with E-state index in [2.05, 4.69) is 24.4 Å². The van der Waals surface area contributed by atoms with Crippen LogP contribution in [0.3, 0.4) is 0 Å². The molecule has 0 saturated carbocycles. The van der Waals surface area contributed by atoms with Crippen LogP contribution in [0.1, 0.15) is 37.3 Å². The average molecular weight is 381 g/mol. The van der Waals surface area contributed by atoms with Crippen LogP contribution in [0.2, 0.25) is 0 Å². The summed E-state index contributed by atoms with van der Waals surface area (Å²) in [4.78, 5) is 21.9. The van der Waals surface area contributed by atoms with Crippen molar-refractivity contribution in [3.05, 3.63) is 75.8 Å². The Balaban J connectivity index is 1.73. The predicted octanol–water partition coefficient (Wildman–Crippen LogP) is 4.30. The zero-order valence-corrected chi connectivity index (χ0v) is 15.9. The summed E-state index contributed by atoms with van der Waals surface area (Å²) in [5, 5.41) is 14.4. The number of carbonyl (C=O) groups is 1. The number of hydrogen-bond acceptors (Lipinski definition) is 5. The lowest BCUT2D eigenvalue weighted by atomic mass is 9.99. The number of benzene rings is 2. The van der Waals surface area contributed by atoms with Gasteiger partial charge >= 0.3 is 0 Å². The van der Waals surface area contributed by atoms with Gasteiger partial charge in [0.2, 0.25) is 0 Å². The maximum atomic E-state index is 11.7. The molecule has 1 atom stereocenters. The molecule has 0 heterocycles. The first-order valence-corrected chi connectivity index (χ1v) is 8.95. The highest BCUT2D eigenvalue weighted by molar-refractivity contribution is 5.82. The number of nitro benzene ring substituents is 1. The van der Waals surface area contributed by atoms with Crippen molar-refractivity contribution in [3.8, 4) is 5.75 Å². The Hall–Kier alpha value is -3.48. The number of rotatable bonds is 9. The summed E-state index contributed by atoms with van der Waals surface area (Å²) in [5.41, 5.74) is 4.43. The Morgan fingerprint density at radius 1 is 1.21 bits per heavy atom. The number of hydrazone groups is 1. The number of nitrogens with zero attached hydrogens (tertiary/aromatic N) is 2. The van der Waals surface area contributed by atoms with Crippen LogP contribution >= 0.6 is 0 Å². The highest BCUT2D eigenvalue weighted by atomic mass is 16.6. The van der Waals surface area contributed by atoms with Crippen LogP contribution in [0.15, 0.2) is 59.7 Å². The van der Waals surface area contributed by atoms with Gasteiger partial charge in [-0.25, -0.2) is 5.43 Å². The highest BCUT2D eigenvalue weighted by Gasteiger charge is 2.05. The molecule has 0 aliphatic carbocycles. The van der Waals surface area contributed by atoms with Crippen molar-refractivity contribution in [2.75, 3.05) is 6.61 Å². The number of nitrogens with one attached hydrogen (secondary N) is 1. The molecule has 0 aromatic heterocycles. The van der Waals surface area contributed by atoms with Crippen LogP contribution in [-0.4, -0.2) is 23.7 Å². The molecule has 0 bridgehead atoms. The number of amides is 1.